The molecule has 0 aliphatic carbocycles. The van der Waals surface area contributed by atoms with Crippen molar-refractivity contribution in [1.29, 1.82) is 0 Å². The average Bonchev–Trinajstić information content (AvgIpc) is 2.81. The van der Waals surface area contributed by atoms with Gasteiger partial charge in [0.1, 0.15) is 0 Å². The summed E-state index contributed by atoms with van der Waals surface area (Å²) in [5.74, 6) is -0.0835. The molecule has 1 fully saturated rings. The van der Waals surface area contributed by atoms with Crippen molar-refractivity contribution in [3.8, 4) is 0 Å². The first-order valence-corrected chi connectivity index (χ1v) is 9.53. The largest absolute Gasteiger partial charge is 0.352 e. The predicted octanol–water partition coefficient (Wildman–Crippen LogP) is 1.10. The first kappa shape index (κ1) is 16.4. The molecule has 2 aliphatic heterocycles. The minimum absolute atomic E-state index is 0.0835. The van der Waals surface area contributed by atoms with E-state index in [-0.39, 0.29) is 5.91 Å². The lowest BCUT2D eigenvalue weighted by Crippen LogP contribution is -2.45. The van der Waals surface area contributed by atoms with Crippen LogP contribution in [0, 0.1) is 0 Å². The third-order valence-electron chi connectivity index (χ3n) is 4.74. The zero-order valence-corrected chi connectivity index (χ0v) is 14.5. The van der Waals surface area contributed by atoms with Gasteiger partial charge < -0.3 is 9.64 Å². The molecule has 1 amide bonds. The number of amides is 1. The Hall–Kier alpha value is -1.44. The van der Waals surface area contributed by atoms with E-state index in [9.17, 15) is 13.2 Å². The van der Waals surface area contributed by atoms with Crippen LogP contribution in [0.1, 0.15) is 30.1 Å². The fraction of sp³-hybridized carbons (Fsp3) is 0.562. The van der Waals surface area contributed by atoms with E-state index in [4.69, 9.17) is 4.74 Å². The van der Waals surface area contributed by atoms with Crippen molar-refractivity contribution in [2.45, 2.75) is 24.5 Å². The molecule has 0 saturated carbocycles. The fourth-order valence-corrected chi connectivity index (χ4v) is 4.32. The molecule has 0 radical (unpaired) electrons. The van der Waals surface area contributed by atoms with Crippen LogP contribution in [-0.4, -0.2) is 57.0 Å². The minimum Gasteiger partial charge on any atom is -0.352 e. The molecular formula is C16H22N2O4S. The summed E-state index contributed by atoms with van der Waals surface area (Å²) in [5.41, 5.74) is 1.36. The molecule has 0 bridgehead atoms. The Morgan fingerprint density at radius 2 is 1.87 bits per heavy atom. The van der Waals surface area contributed by atoms with Crippen LogP contribution >= 0.6 is 0 Å². The van der Waals surface area contributed by atoms with Crippen molar-refractivity contribution in [3.05, 3.63) is 35.4 Å². The Balaban J connectivity index is 1.92. The molecule has 1 aromatic rings. The fourth-order valence-electron chi connectivity index (χ4n) is 3.48. The van der Waals surface area contributed by atoms with Gasteiger partial charge in [0.05, 0.1) is 11.9 Å². The molecule has 126 valence electrons. The molecule has 1 atom stereocenters. The van der Waals surface area contributed by atoms with Gasteiger partial charge in [-0.15, -0.1) is 0 Å². The molecule has 1 spiro atoms. The van der Waals surface area contributed by atoms with E-state index in [0.717, 1.165) is 11.1 Å². The van der Waals surface area contributed by atoms with Crippen molar-refractivity contribution < 1.29 is 17.9 Å². The van der Waals surface area contributed by atoms with Gasteiger partial charge in [0, 0.05) is 27.2 Å². The first-order valence-electron chi connectivity index (χ1n) is 7.68. The van der Waals surface area contributed by atoms with Gasteiger partial charge in [-0.3, -0.25) is 4.79 Å². The molecular weight excluding hydrogens is 316 g/mol. The highest BCUT2D eigenvalue weighted by Crippen LogP contribution is 2.49. The molecule has 0 N–H and O–H groups in total. The number of carbonyl (C=O) groups is 1. The number of nitrogens with zero attached hydrogens (tertiary/aromatic N) is 2. The van der Waals surface area contributed by atoms with Gasteiger partial charge in [-0.05, 0) is 24.0 Å². The second-order valence-electron chi connectivity index (χ2n) is 6.47. The average molecular weight is 338 g/mol. The number of benzene rings is 1. The monoisotopic (exact) mass is 338 g/mol. The number of fused-ring (bicyclic) bond motifs is 2. The quantitative estimate of drug-likeness (QED) is 0.810. The maximum atomic E-state index is 12.5. The van der Waals surface area contributed by atoms with Crippen LogP contribution in [0.2, 0.25) is 0 Å². The Morgan fingerprint density at radius 3 is 2.43 bits per heavy atom. The third kappa shape index (κ3) is 2.77. The van der Waals surface area contributed by atoms with Gasteiger partial charge >= 0.3 is 0 Å². The molecule has 6 nitrogen and oxygen atoms in total. The standard InChI is InChI=1S/C16H22N2O4S/c1-17(2)15(19)14-12-6-4-5-7-13(12)16(22-14)8-10-18(11-9-16)23(3,20)21/h4-7,14H,8-11H2,1-3H3/t14-/m0/s1. The van der Waals surface area contributed by atoms with E-state index >= 15 is 0 Å². The lowest BCUT2D eigenvalue weighted by Gasteiger charge is -2.38. The van der Waals surface area contributed by atoms with E-state index < -0.39 is 21.7 Å². The molecule has 23 heavy (non-hydrogen) atoms. The lowest BCUT2D eigenvalue weighted by molar-refractivity contribution is -0.156. The van der Waals surface area contributed by atoms with E-state index in [2.05, 4.69) is 0 Å². The van der Waals surface area contributed by atoms with Crippen LogP contribution in [0.4, 0.5) is 0 Å². The number of hydrogen-bond donors (Lipinski definition) is 0. The van der Waals surface area contributed by atoms with Crippen molar-refractivity contribution in [3.63, 3.8) is 0 Å². The molecule has 2 aliphatic rings. The molecule has 1 saturated heterocycles. The Morgan fingerprint density at radius 1 is 1.26 bits per heavy atom. The van der Waals surface area contributed by atoms with E-state index in [1.165, 1.54) is 15.5 Å². The van der Waals surface area contributed by atoms with E-state index in [1.807, 2.05) is 24.3 Å². The molecule has 2 heterocycles. The van der Waals surface area contributed by atoms with Crippen LogP contribution in [-0.2, 0) is 25.2 Å². The topological polar surface area (TPSA) is 66.9 Å². The number of rotatable bonds is 2. The zero-order chi connectivity index (χ0) is 16.8. The zero-order valence-electron chi connectivity index (χ0n) is 13.7. The molecule has 0 unspecified atom stereocenters. The highest BCUT2D eigenvalue weighted by Gasteiger charge is 2.49. The minimum atomic E-state index is -3.19. The van der Waals surface area contributed by atoms with Crippen molar-refractivity contribution in [2.75, 3.05) is 33.4 Å². The van der Waals surface area contributed by atoms with Crippen LogP contribution in [0.15, 0.2) is 24.3 Å². The summed E-state index contributed by atoms with van der Waals surface area (Å²) in [6.07, 6.45) is 1.75. The smallest absolute Gasteiger partial charge is 0.255 e. The number of hydrogen-bond acceptors (Lipinski definition) is 4. The SMILES string of the molecule is CN(C)C(=O)[C@H]1OC2(CCN(S(C)(=O)=O)CC2)c2ccccc21. The summed E-state index contributed by atoms with van der Waals surface area (Å²) in [6.45, 7) is 0.825. The van der Waals surface area contributed by atoms with E-state index in [1.54, 1.807) is 14.1 Å². The molecule has 0 aromatic heterocycles. The third-order valence-corrected chi connectivity index (χ3v) is 6.04. The van der Waals surface area contributed by atoms with Gasteiger partial charge in [-0.1, -0.05) is 24.3 Å². The maximum absolute atomic E-state index is 12.5. The van der Waals surface area contributed by atoms with Gasteiger partial charge in [0.25, 0.3) is 5.91 Å². The summed E-state index contributed by atoms with van der Waals surface area (Å²) in [7, 11) is 0.238. The normalized spacial score (nSPS) is 23.7. The summed E-state index contributed by atoms with van der Waals surface area (Å²) < 4.78 is 31.2. The highest BCUT2D eigenvalue weighted by atomic mass is 32.2. The number of ether oxygens (including phenoxy) is 1. The van der Waals surface area contributed by atoms with Crippen LogP contribution in [0.5, 0.6) is 0 Å². The highest BCUT2D eigenvalue weighted by molar-refractivity contribution is 7.88. The maximum Gasteiger partial charge on any atom is 0.255 e. The van der Waals surface area contributed by atoms with Gasteiger partial charge in [0.15, 0.2) is 6.10 Å². The molecule has 7 heteroatoms. The second kappa shape index (κ2) is 5.58. The van der Waals surface area contributed by atoms with Crippen LogP contribution in [0.25, 0.3) is 0 Å². The van der Waals surface area contributed by atoms with Crippen molar-refractivity contribution in [2.24, 2.45) is 0 Å². The summed E-state index contributed by atoms with van der Waals surface area (Å²) >= 11 is 0. The van der Waals surface area contributed by atoms with Gasteiger partial charge in [0.2, 0.25) is 10.0 Å². The molecule has 1 aromatic carbocycles. The van der Waals surface area contributed by atoms with Crippen molar-refractivity contribution in [1.82, 2.24) is 9.21 Å². The number of piperidine rings is 1. The number of likely N-dealkylation sites (N-methyl/N-ethyl adjacent to an activating group) is 1. The predicted molar refractivity (Wildman–Crippen MR) is 86.3 cm³/mol. The Labute approximate surface area is 137 Å². The summed E-state index contributed by atoms with van der Waals surface area (Å²) in [6, 6.07) is 7.77. The van der Waals surface area contributed by atoms with Gasteiger partial charge in [-0.25, -0.2) is 12.7 Å². The van der Waals surface area contributed by atoms with Crippen LogP contribution in [0.3, 0.4) is 0 Å². The summed E-state index contributed by atoms with van der Waals surface area (Å²) in [4.78, 5) is 14.0. The number of sulfonamides is 1. The summed E-state index contributed by atoms with van der Waals surface area (Å²) in [5, 5.41) is 0. The lowest BCUT2D eigenvalue weighted by atomic mass is 9.84. The number of carbonyl (C=O) groups excluding carboxylic acids is 1. The Bertz CT molecular complexity index is 721. The first-order chi connectivity index (χ1) is 10.7. The second-order valence-corrected chi connectivity index (χ2v) is 8.46. The van der Waals surface area contributed by atoms with E-state index in [0.29, 0.717) is 25.9 Å². The van der Waals surface area contributed by atoms with Gasteiger partial charge in [-0.2, -0.15) is 0 Å². The van der Waals surface area contributed by atoms with Crippen molar-refractivity contribution >= 4 is 15.9 Å². The van der Waals surface area contributed by atoms with Crippen LogP contribution < -0.4 is 0 Å². The Kier molecular flexibility index (Phi) is 3.98. The molecule has 3 rings (SSSR count).